The molecule has 1 aliphatic rings. The highest BCUT2D eigenvalue weighted by Gasteiger charge is 2.36. The molecule has 0 radical (unpaired) electrons. The highest BCUT2D eigenvalue weighted by Crippen LogP contribution is 2.38. The Hall–Kier alpha value is -6.52. The topological polar surface area (TPSA) is 115 Å². The second-order valence-electron chi connectivity index (χ2n) is 12.5. The molecule has 0 spiro atoms. The predicted molar refractivity (Wildman–Crippen MR) is 219 cm³/mol. The van der Waals surface area contributed by atoms with E-state index in [4.69, 9.17) is 4.99 Å². The molecule has 0 saturated heterocycles. The minimum absolute atomic E-state index is 0.166. The number of hydrogen-bond acceptors (Lipinski definition) is 7. The number of amidine groups is 1. The van der Waals surface area contributed by atoms with Crippen molar-refractivity contribution in [3.05, 3.63) is 162 Å². The zero-order valence-electron chi connectivity index (χ0n) is 29.7. The lowest BCUT2D eigenvalue weighted by atomic mass is 10.0. The Kier molecular flexibility index (Phi) is 10.6. The third-order valence-electron chi connectivity index (χ3n) is 9.13. The monoisotopic (exact) mass is 731 g/mol. The minimum Gasteiger partial charge on any atom is -0.478 e. The average molecular weight is 732 g/mol. The number of aromatic carboxylic acids is 1. The molecule has 1 aromatic heterocycles. The van der Waals surface area contributed by atoms with E-state index in [0.717, 1.165) is 29.9 Å². The first-order valence-electron chi connectivity index (χ1n) is 17.6. The molecule has 268 valence electrons. The van der Waals surface area contributed by atoms with Crippen LogP contribution in [0.5, 0.6) is 0 Å². The van der Waals surface area contributed by atoms with Crippen LogP contribution in [0.2, 0.25) is 0 Å². The van der Waals surface area contributed by atoms with Gasteiger partial charge in [-0.1, -0.05) is 103 Å². The van der Waals surface area contributed by atoms with E-state index in [9.17, 15) is 19.5 Å². The Labute approximate surface area is 317 Å². The van der Waals surface area contributed by atoms with Gasteiger partial charge in [-0.05, 0) is 79.6 Å². The number of carboxylic acid groups (broad SMARTS) is 1. The van der Waals surface area contributed by atoms with E-state index >= 15 is 0 Å². The van der Waals surface area contributed by atoms with Crippen molar-refractivity contribution in [2.75, 3.05) is 28.2 Å². The van der Waals surface area contributed by atoms with Crippen molar-refractivity contribution in [2.24, 2.45) is 4.99 Å². The van der Waals surface area contributed by atoms with E-state index in [2.05, 4.69) is 29.0 Å². The molecule has 1 aliphatic heterocycles. The van der Waals surface area contributed by atoms with Crippen LogP contribution < -0.4 is 15.1 Å². The van der Waals surface area contributed by atoms with Crippen LogP contribution in [0.1, 0.15) is 40.6 Å². The van der Waals surface area contributed by atoms with Crippen LogP contribution >= 0.6 is 11.8 Å². The lowest BCUT2D eigenvalue weighted by Crippen LogP contribution is -2.32. The van der Waals surface area contributed by atoms with Crippen LogP contribution in [-0.2, 0) is 9.59 Å². The Morgan fingerprint density at radius 1 is 0.833 bits per heavy atom. The number of pyridine rings is 1. The van der Waals surface area contributed by atoms with Crippen LogP contribution in [0, 0.1) is 0 Å². The number of aromatic nitrogens is 1. The van der Waals surface area contributed by atoms with Gasteiger partial charge in [-0.25, -0.2) is 14.8 Å². The number of para-hydroxylation sites is 2. The molecule has 10 heteroatoms. The van der Waals surface area contributed by atoms with Crippen molar-refractivity contribution in [2.45, 2.75) is 19.1 Å². The lowest BCUT2D eigenvalue weighted by Gasteiger charge is -2.22. The molecule has 0 aliphatic carbocycles. The maximum absolute atomic E-state index is 14.2. The first kappa shape index (κ1) is 35.9. The van der Waals surface area contributed by atoms with Gasteiger partial charge in [0.05, 0.1) is 22.5 Å². The predicted octanol–water partition coefficient (Wildman–Crippen LogP) is 9.30. The summed E-state index contributed by atoms with van der Waals surface area (Å²) in [5.41, 5.74) is 6.11. The van der Waals surface area contributed by atoms with Gasteiger partial charge in [0.15, 0.2) is 5.17 Å². The molecule has 1 atom stereocenters. The fourth-order valence-corrected chi connectivity index (χ4v) is 7.46. The number of nitrogens with zero attached hydrogens (tertiary/aromatic N) is 4. The maximum atomic E-state index is 14.2. The smallest absolute Gasteiger partial charge is 0.336 e. The second-order valence-corrected chi connectivity index (χ2v) is 13.6. The van der Waals surface area contributed by atoms with Gasteiger partial charge in [-0.3, -0.25) is 14.5 Å². The third-order valence-corrected chi connectivity index (χ3v) is 10.3. The van der Waals surface area contributed by atoms with Crippen molar-refractivity contribution >= 4 is 68.8 Å². The van der Waals surface area contributed by atoms with Crippen molar-refractivity contribution in [1.29, 1.82) is 0 Å². The molecule has 2 amide bonds. The normalized spacial score (nSPS) is 13.9. The molecule has 5 aromatic carbocycles. The molecule has 0 fully saturated rings. The van der Waals surface area contributed by atoms with Gasteiger partial charge < -0.3 is 15.3 Å². The van der Waals surface area contributed by atoms with Gasteiger partial charge in [0.25, 0.3) is 5.91 Å². The Morgan fingerprint density at radius 3 is 2.15 bits per heavy atom. The molecular formula is C44H37N5O4S. The largest absolute Gasteiger partial charge is 0.478 e. The SMILES string of the molecule is CCN(CC)c1ccc(/C=C2\N=C(SC(C(=O)Nc3ccc(-c4cc(C(=O)O)c5ccccc5n4)cc3)c3ccccc3)N(c3ccccc3)C2=O)cc1. The summed E-state index contributed by atoms with van der Waals surface area (Å²) >= 11 is 1.20. The van der Waals surface area contributed by atoms with Crippen molar-refractivity contribution in [3.8, 4) is 11.3 Å². The van der Waals surface area contributed by atoms with E-state index < -0.39 is 11.2 Å². The number of carbonyl (C=O) groups excluding carboxylic acids is 2. The number of anilines is 3. The summed E-state index contributed by atoms with van der Waals surface area (Å²) in [4.78, 5) is 53.6. The summed E-state index contributed by atoms with van der Waals surface area (Å²) in [5, 5.41) is 13.1. The fourth-order valence-electron chi connectivity index (χ4n) is 6.35. The van der Waals surface area contributed by atoms with Gasteiger partial charge in [0.2, 0.25) is 5.91 Å². The number of nitrogens with one attached hydrogen (secondary N) is 1. The second kappa shape index (κ2) is 16.0. The number of rotatable bonds is 11. The summed E-state index contributed by atoms with van der Waals surface area (Å²) in [6.07, 6.45) is 1.78. The van der Waals surface area contributed by atoms with Gasteiger partial charge in [-0.15, -0.1) is 0 Å². The van der Waals surface area contributed by atoms with Crippen LogP contribution in [0.15, 0.2) is 150 Å². The molecular weight excluding hydrogens is 695 g/mol. The van der Waals surface area contributed by atoms with Crippen LogP contribution in [0.25, 0.3) is 28.2 Å². The Balaban J connectivity index is 1.18. The minimum atomic E-state index is -1.03. The lowest BCUT2D eigenvalue weighted by molar-refractivity contribution is -0.116. The van der Waals surface area contributed by atoms with E-state index in [1.165, 1.54) is 11.8 Å². The molecule has 0 saturated carbocycles. The highest BCUT2D eigenvalue weighted by atomic mass is 32.2. The first-order chi connectivity index (χ1) is 26.3. The summed E-state index contributed by atoms with van der Waals surface area (Å²) in [7, 11) is 0. The van der Waals surface area contributed by atoms with Gasteiger partial charge >= 0.3 is 5.97 Å². The maximum Gasteiger partial charge on any atom is 0.336 e. The zero-order valence-corrected chi connectivity index (χ0v) is 30.5. The quantitative estimate of drug-likeness (QED) is 0.128. The van der Waals surface area contributed by atoms with Crippen LogP contribution in [0.4, 0.5) is 17.1 Å². The van der Waals surface area contributed by atoms with Crippen LogP contribution in [-0.4, -0.2) is 46.1 Å². The fraction of sp³-hybridized carbons (Fsp3) is 0.114. The zero-order chi connectivity index (χ0) is 37.6. The number of carboxylic acids is 1. The van der Waals surface area contributed by atoms with Gasteiger partial charge in [0, 0.05) is 35.4 Å². The summed E-state index contributed by atoms with van der Waals surface area (Å²) < 4.78 is 0. The average Bonchev–Trinajstić information content (AvgIpc) is 3.51. The number of thioether (sulfide) groups is 1. The Morgan fingerprint density at radius 2 is 1.48 bits per heavy atom. The number of amides is 2. The van der Waals surface area contributed by atoms with Crippen molar-refractivity contribution in [1.82, 2.24) is 4.98 Å². The van der Waals surface area contributed by atoms with Crippen LogP contribution in [0.3, 0.4) is 0 Å². The van der Waals surface area contributed by atoms with Crippen molar-refractivity contribution < 1.29 is 19.5 Å². The number of hydrogen-bond donors (Lipinski definition) is 2. The summed E-state index contributed by atoms with van der Waals surface area (Å²) in [5.74, 6) is -1.62. The number of aliphatic imine (C=N–C) groups is 1. The van der Waals surface area contributed by atoms with E-state index in [0.29, 0.717) is 38.7 Å². The molecule has 6 aromatic rings. The number of benzene rings is 5. The van der Waals surface area contributed by atoms with Gasteiger partial charge in [0.1, 0.15) is 10.9 Å². The standard InChI is InChI=1S/C44H37N5O4S/c1-3-48(4-2)33-25-19-29(20-26-33)27-39-42(51)49(34-15-9-6-10-16-34)44(47-39)54-40(31-13-7-5-8-14-31)41(50)45-32-23-21-30(22-24-32)38-28-36(43(52)53)35-17-11-12-18-37(35)46-38/h5-28,40H,3-4H2,1-2H3,(H,45,50)(H,52,53)/b39-27-. The van der Waals surface area contributed by atoms with Crippen molar-refractivity contribution in [3.63, 3.8) is 0 Å². The third kappa shape index (κ3) is 7.65. The molecule has 0 bridgehead atoms. The summed E-state index contributed by atoms with van der Waals surface area (Å²) in [6, 6.07) is 42.5. The molecule has 9 nitrogen and oxygen atoms in total. The summed E-state index contributed by atoms with van der Waals surface area (Å²) in [6.45, 7) is 6.02. The molecule has 2 N–H and O–H groups in total. The molecule has 2 heterocycles. The molecule has 1 unspecified atom stereocenters. The first-order valence-corrected chi connectivity index (χ1v) is 18.5. The van der Waals surface area contributed by atoms with Gasteiger partial charge in [-0.2, -0.15) is 0 Å². The number of carbonyl (C=O) groups is 3. The van der Waals surface area contributed by atoms with E-state index in [-0.39, 0.29) is 23.1 Å². The molecule has 54 heavy (non-hydrogen) atoms. The highest BCUT2D eigenvalue weighted by molar-refractivity contribution is 8.15. The Bertz CT molecular complexity index is 2380. The van der Waals surface area contributed by atoms with E-state index in [1.807, 2.05) is 91.0 Å². The van der Waals surface area contributed by atoms with E-state index in [1.54, 1.807) is 59.5 Å². The molecule has 7 rings (SSSR count). The number of fused-ring (bicyclic) bond motifs is 1.